The number of aliphatic hydroxyl groups is 1. The number of aromatic nitrogens is 2. The molecule has 5 nitrogen and oxygen atoms in total. The third-order valence-electron chi connectivity index (χ3n) is 3.07. The molecule has 0 saturated carbocycles. The van der Waals surface area contributed by atoms with E-state index in [2.05, 4.69) is 15.5 Å². The van der Waals surface area contributed by atoms with Crippen LogP contribution in [0.5, 0.6) is 0 Å². The van der Waals surface area contributed by atoms with Crippen molar-refractivity contribution in [3.8, 4) is 0 Å². The number of amides is 1. The summed E-state index contributed by atoms with van der Waals surface area (Å²) in [4.78, 5) is 12.1. The quantitative estimate of drug-likeness (QED) is 0.687. The molecule has 1 atom stereocenters. The summed E-state index contributed by atoms with van der Waals surface area (Å²) in [7, 11) is 0. The second-order valence-corrected chi connectivity index (χ2v) is 5.18. The molecular weight excluding hydrogens is 274 g/mol. The number of nitrogens with zero attached hydrogens (tertiary/aromatic N) is 1. The number of rotatable bonds is 4. The number of hydrogen-bond donors (Lipinski definition) is 3. The van der Waals surface area contributed by atoms with Crippen LogP contribution in [0.1, 0.15) is 22.2 Å². The van der Waals surface area contributed by atoms with Crippen LogP contribution in [0.2, 0.25) is 0 Å². The fourth-order valence-electron chi connectivity index (χ4n) is 1.99. The Morgan fingerprint density at radius 3 is 3.05 bits per heavy atom. The van der Waals surface area contributed by atoms with Crippen LogP contribution >= 0.6 is 11.3 Å². The summed E-state index contributed by atoms with van der Waals surface area (Å²) in [6, 6.07) is 9.27. The van der Waals surface area contributed by atoms with Gasteiger partial charge >= 0.3 is 0 Å². The molecule has 0 spiro atoms. The molecule has 0 aliphatic rings. The summed E-state index contributed by atoms with van der Waals surface area (Å²) in [5.41, 5.74) is 1.97. The highest BCUT2D eigenvalue weighted by molar-refractivity contribution is 7.07. The van der Waals surface area contributed by atoms with Crippen LogP contribution < -0.4 is 5.32 Å². The lowest BCUT2D eigenvalue weighted by atomic mass is 10.2. The van der Waals surface area contributed by atoms with Gasteiger partial charge in [-0.25, -0.2) is 0 Å². The first-order valence-corrected chi connectivity index (χ1v) is 7.11. The third-order valence-corrected chi connectivity index (χ3v) is 3.77. The summed E-state index contributed by atoms with van der Waals surface area (Å²) in [5, 5.41) is 24.0. The maximum absolute atomic E-state index is 12.1. The number of aromatic amines is 1. The monoisotopic (exact) mass is 287 g/mol. The Morgan fingerprint density at radius 1 is 1.40 bits per heavy atom. The minimum absolute atomic E-state index is 0.163. The number of fused-ring (bicyclic) bond motifs is 1. The summed E-state index contributed by atoms with van der Waals surface area (Å²) in [5.74, 6) is -0.295. The molecule has 1 aromatic carbocycles. The zero-order valence-electron chi connectivity index (χ0n) is 10.5. The zero-order valence-corrected chi connectivity index (χ0v) is 11.4. The first kappa shape index (κ1) is 12.8. The van der Waals surface area contributed by atoms with E-state index in [1.54, 1.807) is 0 Å². The first-order valence-electron chi connectivity index (χ1n) is 6.17. The van der Waals surface area contributed by atoms with Gasteiger partial charge in [0.2, 0.25) is 0 Å². The minimum atomic E-state index is -0.699. The highest BCUT2D eigenvalue weighted by Gasteiger charge is 2.15. The van der Waals surface area contributed by atoms with Crippen LogP contribution in [0.25, 0.3) is 10.9 Å². The van der Waals surface area contributed by atoms with E-state index < -0.39 is 6.10 Å². The number of nitrogens with one attached hydrogen (secondary N) is 2. The molecule has 3 N–H and O–H groups in total. The van der Waals surface area contributed by atoms with Gasteiger partial charge in [-0.15, -0.1) is 0 Å². The molecule has 3 aromatic rings. The summed E-state index contributed by atoms with van der Waals surface area (Å²) in [6.45, 7) is 0.163. The second kappa shape index (κ2) is 5.44. The fourth-order valence-corrected chi connectivity index (χ4v) is 2.70. The molecule has 20 heavy (non-hydrogen) atoms. The molecule has 0 fully saturated rings. The molecule has 6 heteroatoms. The van der Waals surface area contributed by atoms with Crippen molar-refractivity contribution in [3.05, 3.63) is 52.3 Å². The van der Waals surface area contributed by atoms with E-state index in [-0.39, 0.29) is 12.5 Å². The van der Waals surface area contributed by atoms with Gasteiger partial charge in [-0.2, -0.15) is 16.4 Å². The Kier molecular flexibility index (Phi) is 3.49. The maximum Gasteiger partial charge on any atom is 0.272 e. The van der Waals surface area contributed by atoms with Crippen molar-refractivity contribution in [3.63, 3.8) is 0 Å². The number of benzene rings is 1. The predicted octanol–water partition coefficient (Wildman–Crippen LogP) is 2.09. The average molecular weight is 287 g/mol. The summed E-state index contributed by atoms with van der Waals surface area (Å²) >= 11 is 1.51. The molecule has 0 aliphatic carbocycles. The fraction of sp³-hybridized carbons (Fsp3) is 0.143. The van der Waals surface area contributed by atoms with Gasteiger partial charge in [-0.3, -0.25) is 9.89 Å². The lowest BCUT2D eigenvalue weighted by molar-refractivity contribution is 0.0913. The van der Waals surface area contributed by atoms with E-state index in [1.807, 2.05) is 41.1 Å². The lowest BCUT2D eigenvalue weighted by Gasteiger charge is -2.09. The Bertz CT molecular complexity index is 721. The highest BCUT2D eigenvalue weighted by Crippen LogP contribution is 2.17. The highest BCUT2D eigenvalue weighted by atomic mass is 32.1. The van der Waals surface area contributed by atoms with Crippen LogP contribution in [0.4, 0.5) is 0 Å². The van der Waals surface area contributed by atoms with E-state index in [0.717, 1.165) is 16.5 Å². The molecule has 102 valence electrons. The van der Waals surface area contributed by atoms with Gasteiger partial charge in [0.1, 0.15) is 0 Å². The van der Waals surface area contributed by atoms with Crippen molar-refractivity contribution in [2.45, 2.75) is 6.10 Å². The first-order chi connectivity index (χ1) is 9.75. The Labute approximate surface area is 119 Å². The van der Waals surface area contributed by atoms with Crippen molar-refractivity contribution >= 4 is 28.1 Å². The van der Waals surface area contributed by atoms with Gasteiger partial charge in [0.05, 0.1) is 11.6 Å². The van der Waals surface area contributed by atoms with Crippen molar-refractivity contribution in [1.29, 1.82) is 0 Å². The normalized spacial score (nSPS) is 12.4. The number of hydrogen-bond acceptors (Lipinski definition) is 4. The largest absolute Gasteiger partial charge is 0.387 e. The van der Waals surface area contributed by atoms with Gasteiger partial charge in [-0.05, 0) is 28.5 Å². The topological polar surface area (TPSA) is 78.0 Å². The van der Waals surface area contributed by atoms with Crippen molar-refractivity contribution < 1.29 is 9.90 Å². The van der Waals surface area contributed by atoms with E-state index in [0.29, 0.717) is 5.69 Å². The van der Waals surface area contributed by atoms with E-state index in [9.17, 15) is 9.90 Å². The summed E-state index contributed by atoms with van der Waals surface area (Å²) < 4.78 is 0. The molecule has 2 aromatic heterocycles. The van der Waals surface area contributed by atoms with Gasteiger partial charge in [0, 0.05) is 11.9 Å². The van der Waals surface area contributed by atoms with Crippen molar-refractivity contribution in [1.82, 2.24) is 15.5 Å². The van der Waals surface area contributed by atoms with Crippen LogP contribution in [-0.4, -0.2) is 27.8 Å². The van der Waals surface area contributed by atoms with Crippen molar-refractivity contribution in [2.75, 3.05) is 6.54 Å². The molecule has 0 saturated heterocycles. The molecule has 1 amide bonds. The van der Waals surface area contributed by atoms with Gasteiger partial charge in [0.15, 0.2) is 5.69 Å². The number of thiophene rings is 1. The minimum Gasteiger partial charge on any atom is -0.387 e. The molecule has 3 rings (SSSR count). The Balaban J connectivity index is 1.70. The Hall–Kier alpha value is -2.18. The SMILES string of the molecule is O=C(NCC(O)c1ccsc1)c1n[nH]c2ccccc12. The third kappa shape index (κ3) is 2.43. The van der Waals surface area contributed by atoms with Crippen molar-refractivity contribution in [2.24, 2.45) is 0 Å². The van der Waals surface area contributed by atoms with Crippen LogP contribution in [-0.2, 0) is 0 Å². The Morgan fingerprint density at radius 2 is 2.25 bits per heavy atom. The zero-order chi connectivity index (χ0) is 13.9. The second-order valence-electron chi connectivity index (χ2n) is 4.40. The smallest absolute Gasteiger partial charge is 0.272 e. The van der Waals surface area contributed by atoms with Crippen LogP contribution in [0, 0.1) is 0 Å². The van der Waals surface area contributed by atoms with Crippen LogP contribution in [0.3, 0.4) is 0 Å². The molecule has 0 radical (unpaired) electrons. The number of para-hydroxylation sites is 1. The van der Waals surface area contributed by atoms with E-state index in [4.69, 9.17) is 0 Å². The lowest BCUT2D eigenvalue weighted by Crippen LogP contribution is -2.28. The number of carbonyl (C=O) groups is 1. The molecule has 0 bridgehead atoms. The molecule has 1 unspecified atom stereocenters. The van der Waals surface area contributed by atoms with Gasteiger partial charge in [-0.1, -0.05) is 18.2 Å². The van der Waals surface area contributed by atoms with Gasteiger partial charge < -0.3 is 10.4 Å². The standard InChI is InChI=1S/C14H13N3O2S/c18-12(9-5-6-20-8-9)7-15-14(19)13-10-3-1-2-4-11(10)16-17-13/h1-6,8,12,18H,7H2,(H,15,19)(H,16,17). The van der Waals surface area contributed by atoms with E-state index >= 15 is 0 Å². The molecule has 2 heterocycles. The molecule has 0 aliphatic heterocycles. The number of carbonyl (C=O) groups excluding carboxylic acids is 1. The van der Waals surface area contributed by atoms with E-state index in [1.165, 1.54) is 11.3 Å². The number of H-pyrrole nitrogens is 1. The number of aliphatic hydroxyl groups excluding tert-OH is 1. The average Bonchev–Trinajstić information content (AvgIpc) is 3.13. The maximum atomic E-state index is 12.1. The van der Waals surface area contributed by atoms with Crippen LogP contribution in [0.15, 0.2) is 41.1 Å². The van der Waals surface area contributed by atoms with Gasteiger partial charge in [0.25, 0.3) is 5.91 Å². The predicted molar refractivity (Wildman–Crippen MR) is 77.7 cm³/mol. The summed E-state index contributed by atoms with van der Waals surface area (Å²) in [6.07, 6.45) is -0.699. The molecular formula is C14H13N3O2S.